The Morgan fingerprint density at radius 3 is 2.50 bits per heavy atom. The van der Waals surface area contributed by atoms with E-state index >= 15 is 0 Å². The number of methoxy groups -OCH3 is 1. The fourth-order valence-corrected chi connectivity index (χ4v) is 4.35. The number of nitrogens with one attached hydrogen (secondary N) is 2. The Kier molecular flexibility index (Phi) is 10.8. The summed E-state index contributed by atoms with van der Waals surface area (Å²) in [5.41, 5.74) is 4.63. The third-order valence-electron chi connectivity index (χ3n) is 6.19. The second-order valence-corrected chi connectivity index (χ2v) is 8.20. The van der Waals surface area contributed by atoms with Crippen LogP contribution in [-0.2, 0) is 13.6 Å². The van der Waals surface area contributed by atoms with Crippen molar-refractivity contribution in [3.8, 4) is 5.75 Å². The van der Waals surface area contributed by atoms with E-state index in [-0.39, 0.29) is 30.0 Å². The molecule has 2 N–H and O–H groups in total. The highest BCUT2D eigenvalue weighted by Gasteiger charge is 2.25. The standard InChI is InChI=1S/C24H38N6O.HI/c1-6-25-24(26-16-21-18(2)28-29(4)19(21)3)27-17-22(30-14-10-7-11-15-30)20-12-8-9-13-23(20)31-5;/h8-9,12-13,22H,6-7,10-11,14-17H2,1-5H3,(H2,25,26,27);1H. The summed E-state index contributed by atoms with van der Waals surface area (Å²) in [7, 11) is 3.74. The van der Waals surface area contributed by atoms with E-state index in [9.17, 15) is 0 Å². The molecule has 1 aromatic carbocycles. The number of halogens is 1. The highest BCUT2D eigenvalue weighted by molar-refractivity contribution is 14.0. The third-order valence-corrected chi connectivity index (χ3v) is 6.19. The van der Waals surface area contributed by atoms with Crippen LogP contribution in [0.1, 0.15) is 54.7 Å². The zero-order valence-electron chi connectivity index (χ0n) is 20.1. The fourth-order valence-electron chi connectivity index (χ4n) is 4.35. The Morgan fingerprint density at radius 2 is 1.88 bits per heavy atom. The van der Waals surface area contributed by atoms with Gasteiger partial charge in [-0.05, 0) is 52.8 Å². The summed E-state index contributed by atoms with van der Waals surface area (Å²) in [5.74, 6) is 1.78. The lowest BCUT2D eigenvalue weighted by Gasteiger charge is -2.35. The van der Waals surface area contributed by atoms with E-state index in [1.807, 2.05) is 24.7 Å². The molecule has 7 nitrogen and oxygen atoms in total. The minimum Gasteiger partial charge on any atom is -0.496 e. The van der Waals surface area contributed by atoms with Crippen molar-refractivity contribution in [2.75, 3.05) is 33.3 Å². The van der Waals surface area contributed by atoms with Gasteiger partial charge in [0.15, 0.2) is 5.96 Å². The van der Waals surface area contributed by atoms with Gasteiger partial charge in [-0.25, -0.2) is 4.99 Å². The molecular formula is C24H39IN6O. The number of likely N-dealkylation sites (tertiary alicyclic amines) is 1. The maximum absolute atomic E-state index is 5.70. The minimum absolute atomic E-state index is 0. The Balaban J connectivity index is 0.00000363. The first-order valence-corrected chi connectivity index (χ1v) is 11.4. The van der Waals surface area contributed by atoms with Gasteiger partial charge in [0.05, 0.1) is 25.4 Å². The molecule has 1 atom stereocenters. The normalized spacial score (nSPS) is 15.7. The molecule has 1 aliphatic rings. The van der Waals surface area contributed by atoms with Gasteiger partial charge < -0.3 is 15.4 Å². The van der Waals surface area contributed by atoms with Crippen LogP contribution in [0, 0.1) is 13.8 Å². The van der Waals surface area contributed by atoms with Crippen LogP contribution in [0.5, 0.6) is 5.75 Å². The van der Waals surface area contributed by atoms with E-state index in [0.29, 0.717) is 6.54 Å². The molecule has 2 heterocycles. The number of aliphatic imine (C=N–C) groups is 1. The van der Waals surface area contributed by atoms with E-state index in [4.69, 9.17) is 9.73 Å². The first-order valence-electron chi connectivity index (χ1n) is 11.4. The van der Waals surface area contributed by atoms with Crippen LogP contribution in [0.15, 0.2) is 29.3 Å². The number of para-hydroxylation sites is 1. The van der Waals surface area contributed by atoms with E-state index in [2.05, 4.69) is 52.7 Å². The van der Waals surface area contributed by atoms with Crippen molar-refractivity contribution in [3.63, 3.8) is 0 Å². The summed E-state index contributed by atoms with van der Waals surface area (Å²) in [6.45, 7) is 10.7. The number of aromatic nitrogens is 2. The predicted octanol–water partition coefficient (Wildman–Crippen LogP) is 3.95. The number of ether oxygens (including phenoxy) is 1. The molecule has 8 heteroatoms. The van der Waals surface area contributed by atoms with Crippen LogP contribution in [0.2, 0.25) is 0 Å². The van der Waals surface area contributed by atoms with Crippen LogP contribution < -0.4 is 15.4 Å². The van der Waals surface area contributed by atoms with Crippen molar-refractivity contribution in [3.05, 3.63) is 46.8 Å². The molecule has 0 radical (unpaired) electrons. The average Bonchev–Trinajstić information content (AvgIpc) is 3.04. The number of guanidine groups is 1. The van der Waals surface area contributed by atoms with Crippen LogP contribution in [-0.4, -0.2) is 53.9 Å². The predicted molar refractivity (Wildman–Crippen MR) is 142 cm³/mol. The first-order chi connectivity index (χ1) is 15.0. The van der Waals surface area contributed by atoms with E-state index in [0.717, 1.165) is 49.3 Å². The molecule has 1 fully saturated rings. The smallest absolute Gasteiger partial charge is 0.191 e. The van der Waals surface area contributed by atoms with Crippen LogP contribution in [0.25, 0.3) is 0 Å². The summed E-state index contributed by atoms with van der Waals surface area (Å²) in [6.07, 6.45) is 3.81. The SMILES string of the molecule is CCNC(=NCc1c(C)nn(C)c1C)NCC(c1ccccc1OC)N1CCCCC1.I. The van der Waals surface area contributed by atoms with Gasteiger partial charge in [-0.2, -0.15) is 5.10 Å². The van der Waals surface area contributed by atoms with Crippen molar-refractivity contribution in [2.24, 2.45) is 12.0 Å². The van der Waals surface area contributed by atoms with Crippen molar-refractivity contribution in [1.29, 1.82) is 0 Å². The molecule has 32 heavy (non-hydrogen) atoms. The van der Waals surface area contributed by atoms with E-state index in [1.165, 1.54) is 30.4 Å². The molecule has 0 amide bonds. The summed E-state index contributed by atoms with van der Waals surface area (Å²) < 4.78 is 7.62. The fraction of sp³-hybridized carbons (Fsp3) is 0.583. The lowest BCUT2D eigenvalue weighted by atomic mass is 10.0. The zero-order chi connectivity index (χ0) is 22.2. The monoisotopic (exact) mass is 554 g/mol. The minimum atomic E-state index is 0. The summed E-state index contributed by atoms with van der Waals surface area (Å²) in [4.78, 5) is 7.44. The molecule has 1 aromatic heterocycles. The van der Waals surface area contributed by atoms with Gasteiger partial charge in [-0.15, -0.1) is 24.0 Å². The van der Waals surface area contributed by atoms with E-state index in [1.54, 1.807) is 7.11 Å². The second-order valence-electron chi connectivity index (χ2n) is 8.20. The molecule has 2 aromatic rings. The largest absolute Gasteiger partial charge is 0.496 e. The lowest BCUT2D eigenvalue weighted by molar-refractivity contribution is 0.161. The second kappa shape index (κ2) is 13.0. The number of nitrogens with zero attached hydrogens (tertiary/aromatic N) is 4. The van der Waals surface area contributed by atoms with Gasteiger partial charge in [-0.1, -0.05) is 24.6 Å². The molecule has 3 rings (SSSR count). The van der Waals surface area contributed by atoms with Gasteiger partial charge in [-0.3, -0.25) is 9.58 Å². The first kappa shape index (κ1) is 26.4. The molecule has 1 unspecified atom stereocenters. The van der Waals surface area contributed by atoms with Gasteiger partial charge in [0, 0.05) is 37.0 Å². The Bertz CT molecular complexity index is 875. The zero-order valence-corrected chi connectivity index (χ0v) is 22.5. The van der Waals surface area contributed by atoms with Crippen molar-refractivity contribution in [2.45, 2.75) is 52.6 Å². The Morgan fingerprint density at radius 1 is 1.16 bits per heavy atom. The van der Waals surface area contributed by atoms with E-state index < -0.39 is 0 Å². The molecule has 0 aliphatic carbocycles. The molecule has 0 spiro atoms. The van der Waals surface area contributed by atoms with Crippen LogP contribution >= 0.6 is 24.0 Å². The van der Waals surface area contributed by atoms with Crippen molar-refractivity contribution < 1.29 is 4.74 Å². The lowest BCUT2D eigenvalue weighted by Crippen LogP contribution is -2.44. The summed E-state index contributed by atoms with van der Waals surface area (Å²) >= 11 is 0. The quantitative estimate of drug-likeness (QED) is 0.294. The Labute approximate surface area is 210 Å². The molecule has 1 saturated heterocycles. The number of rotatable bonds is 8. The van der Waals surface area contributed by atoms with Gasteiger partial charge in [0.2, 0.25) is 0 Å². The highest BCUT2D eigenvalue weighted by Crippen LogP contribution is 2.30. The molecule has 178 valence electrons. The van der Waals surface area contributed by atoms with Crippen molar-refractivity contribution >= 4 is 29.9 Å². The molecule has 0 bridgehead atoms. The number of benzene rings is 1. The van der Waals surface area contributed by atoms with Crippen LogP contribution in [0.4, 0.5) is 0 Å². The summed E-state index contributed by atoms with van der Waals surface area (Å²) in [6, 6.07) is 8.61. The van der Waals surface area contributed by atoms with Gasteiger partial charge >= 0.3 is 0 Å². The Hall–Kier alpha value is -1.81. The topological polar surface area (TPSA) is 66.7 Å². The van der Waals surface area contributed by atoms with Crippen LogP contribution in [0.3, 0.4) is 0 Å². The molecular weight excluding hydrogens is 515 g/mol. The highest BCUT2D eigenvalue weighted by atomic mass is 127. The van der Waals surface area contributed by atoms with Gasteiger partial charge in [0.25, 0.3) is 0 Å². The maximum atomic E-state index is 5.70. The number of piperidine rings is 1. The average molecular weight is 555 g/mol. The maximum Gasteiger partial charge on any atom is 0.191 e. The third kappa shape index (κ3) is 6.60. The number of hydrogen-bond acceptors (Lipinski definition) is 4. The van der Waals surface area contributed by atoms with Crippen molar-refractivity contribution in [1.82, 2.24) is 25.3 Å². The molecule has 1 aliphatic heterocycles. The summed E-state index contributed by atoms with van der Waals surface area (Å²) in [5, 5.41) is 11.5. The molecule has 0 saturated carbocycles. The number of hydrogen-bond donors (Lipinski definition) is 2. The van der Waals surface area contributed by atoms with Gasteiger partial charge in [0.1, 0.15) is 5.75 Å². The number of aryl methyl sites for hydroxylation is 2.